The number of benzene rings is 2. The number of aromatic nitrogens is 3. The number of methoxy groups -OCH3 is 2. The standard InChI is InChI=1S/C23H23N3O5/c1-28-19-11-10-15(12-20(19)29-2)23-25-21(31-26-23)14-30-22(27)9-5-6-16-13-24-18-8-4-3-7-17(16)18/h3-4,7-8,10-13,24H,5-6,9,14H2,1-2H3. The second-order valence-electron chi connectivity index (χ2n) is 6.96. The van der Waals surface area contributed by atoms with Crippen LogP contribution in [-0.2, 0) is 22.6 Å². The van der Waals surface area contributed by atoms with Gasteiger partial charge in [-0.05, 0) is 42.7 Å². The summed E-state index contributed by atoms with van der Waals surface area (Å²) in [5.41, 5.74) is 3.00. The molecule has 0 radical (unpaired) electrons. The van der Waals surface area contributed by atoms with Gasteiger partial charge in [0.25, 0.3) is 5.89 Å². The number of carbonyl (C=O) groups is 1. The van der Waals surface area contributed by atoms with Crippen LogP contribution in [0.3, 0.4) is 0 Å². The third kappa shape index (κ3) is 4.69. The molecule has 0 amide bonds. The molecule has 0 bridgehead atoms. The average Bonchev–Trinajstić information content (AvgIpc) is 3.45. The van der Waals surface area contributed by atoms with Crippen LogP contribution in [0.2, 0.25) is 0 Å². The highest BCUT2D eigenvalue weighted by molar-refractivity contribution is 5.83. The third-order valence-corrected chi connectivity index (χ3v) is 4.97. The van der Waals surface area contributed by atoms with Crippen LogP contribution in [0.5, 0.6) is 11.5 Å². The van der Waals surface area contributed by atoms with Gasteiger partial charge in [0.05, 0.1) is 14.2 Å². The van der Waals surface area contributed by atoms with Gasteiger partial charge in [0.2, 0.25) is 5.82 Å². The SMILES string of the molecule is COc1ccc(-c2noc(COC(=O)CCCc3c[nH]c4ccccc34)n2)cc1OC. The van der Waals surface area contributed by atoms with Gasteiger partial charge in [-0.15, -0.1) is 0 Å². The maximum Gasteiger partial charge on any atom is 0.306 e. The van der Waals surface area contributed by atoms with Crippen LogP contribution in [0.15, 0.2) is 53.2 Å². The van der Waals surface area contributed by atoms with Gasteiger partial charge in [-0.3, -0.25) is 4.79 Å². The highest BCUT2D eigenvalue weighted by Crippen LogP contribution is 2.31. The Kier molecular flexibility index (Phi) is 6.16. The number of fused-ring (bicyclic) bond motifs is 1. The molecule has 0 unspecified atom stereocenters. The molecule has 31 heavy (non-hydrogen) atoms. The van der Waals surface area contributed by atoms with E-state index in [1.807, 2.05) is 24.4 Å². The number of hydrogen-bond donors (Lipinski definition) is 1. The average molecular weight is 421 g/mol. The number of carbonyl (C=O) groups excluding carboxylic acids is 1. The second kappa shape index (κ2) is 9.34. The zero-order valence-electron chi connectivity index (χ0n) is 17.4. The Bertz CT molecular complexity index is 1180. The molecule has 2 aromatic heterocycles. The van der Waals surface area contributed by atoms with Crippen LogP contribution >= 0.6 is 0 Å². The number of H-pyrrole nitrogens is 1. The molecule has 4 rings (SSSR count). The van der Waals surface area contributed by atoms with Crippen molar-refractivity contribution in [2.75, 3.05) is 14.2 Å². The Morgan fingerprint density at radius 2 is 1.94 bits per heavy atom. The third-order valence-electron chi connectivity index (χ3n) is 4.97. The molecule has 2 aromatic carbocycles. The van der Waals surface area contributed by atoms with Crippen molar-refractivity contribution in [2.45, 2.75) is 25.9 Å². The predicted octanol–water partition coefficient (Wildman–Crippen LogP) is 4.30. The first kappa shape index (κ1) is 20.5. The molecule has 0 aliphatic heterocycles. The van der Waals surface area contributed by atoms with Gasteiger partial charge in [0.1, 0.15) is 0 Å². The Morgan fingerprint density at radius 1 is 1.10 bits per heavy atom. The van der Waals surface area contributed by atoms with Gasteiger partial charge in [-0.2, -0.15) is 4.98 Å². The van der Waals surface area contributed by atoms with Crippen molar-refractivity contribution < 1.29 is 23.5 Å². The van der Waals surface area contributed by atoms with E-state index in [9.17, 15) is 4.79 Å². The molecule has 0 saturated heterocycles. The van der Waals surface area contributed by atoms with Gasteiger partial charge >= 0.3 is 5.97 Å². The first-order valence-electron chi connectivity index (χ1n) is 9.93. The number of nitrogens with zero attached hydrogens (tertiary/aromatic N) is 2. The van der Waals surface area contributed by atoms with Crippen molar-refractivity contribution in [1.82, 2.24) is 15.1 Å². The van der Waals surface area contributed by atoms with Crippen molar-refractivity contribution in [3.63, 3.8) is 0 Å². The van der Waals surface area contributed by atoms with Crippen molar-refractivity contribution in [2.24, 2.45) is 0 Å². The van der Waals surface area contributed by atoms with Crippen molar-refractivity contribution in [3.05, 3.63) is 60.1 Å². The lowest BCUT2D eigenvalue weighted by Crippen LogP contribution is -2.05. The zero-order chi connectivity index (χ0) is 21.6. The minimum Gasteiger partial charge on any atom is -0.493 e. The van der Waals surface area contributed by atoms with Crippen LogP contribution in [0.4, 0.5) is 0 Å². The van der Waals surface area contributed by atoms with E-state index >= 15 is 0 Å². The highest BCUT2D eigenvalue weighted by atomic mass is 16.6. The fraction of sp³-hybridized carbons (Fsp3) is 0.261. The Labute approximate surface area is 179 Å². The topological polar surface area (TPSA) is 99.5 Å². The number of rotatable bonds is 9. The number of aromatic amines is 1. The molecule has 2 heterocycles. The summed E-state index contributed by atoms with van der Waals surface area (Å²) in [6.45, 7) is -0.0633. The highest BCUT2D eigenvalue weighted by Gasteiger charge is 2.14. The zero-order valence-corrected chi connectivity index (χ0v) is 17.4. The summed E-state index contributed by atoms with van der Waals surface area (Å²) < 4.78 is 21.0. The summed E-state index contributed by atoms with van der Waals surface area (Å²) in [7, 11) is 3.13. The van der Waals surface area contributed by atoms with E-state index in [0.29, 0.717) is 35.7 Å². The number of para-hydroxylation sites is 1. The molecule has 8 heteroatoms. The number of ether oxygens (including phenoxy) is 3. The molecular weight excluding hydrogens is 398 g/mol. The minimum absolute atomic E-state index is 0.0633. The van der Waals surface area contributed by atoms with Crippen LogP contribution in [0.25, 0.3) is 22.3 Å². The second-order valence-corrected chi connectivity index (χ2v) is 6.96. The molecule has 0 fully saturated rings. The molecule has 0 saturated carbocycles. The number of nitrogens with one attached hydrogen (secondary N) is 1. The summed E-state index contributed by atoms with van der Waals surface area (Å²) in [5.74, 6) is 1.48. The smallest absolute Gasteiger partial charge is 0.306 e. The van der Waals surface area contributed by atoms with Crippen LogP contribution in [-0.4, -0.2) is 35.3 Å². The van der Waals surface area contributed by atoms with E-state index < -0.39 is 0 Å². The minimum atomic E-state index is -0.300. The van der Waals surface area contributed by atoms with Crippen molar-refractivity contribution in [3.8, 4) is 22.9 Å². The molecule has 0 atom stereocenters. The molecular formula is C23H23N3O5. The van der Waals surface area contributed by atoms with E-state index in [1.165, 1.54) is 10.9 Å². The Morgan fingerprint density at radius 3 is 2.77 bits per heavy atom. The van der Waals surface area contributed by atoms with Crippen molar-refractivity contribution >= 4 is 16.9 Å². The monoisotopic (exact) mass is 421 g/mol. The van der Waals surface area contributed by atoms with Gasteiger partial charge in [0, 0.05) is 29.1 Å². The molecule has 0 aliphatic rings. The first-order chi connectivity index (χ1) is 15.2. The summed E-state index contributed by atoms with van der Waals surface area (Å²) >= 11 is 0. The lowest BCUT2D eigenvalue weighted by molar-refractivity contribution is -0.145. The largest absolute Gasteiger partial charge is 0.493 e. The Balaban J connectivity index is 1.28. The van der Waals surface area contributed by atoms with Gasteiger partial charge in [0.15, 0.2) is 18.1 Å². The molecule has 0 aliphatic carbocycles. The first-order valence-corrected chi connectivity index (χ1v) is 9.93. The predicted molar refractivity (Wildman–Crippen MR) is 114 cm³/mol. The number of hydrogen-bond acceptors (Lipinski definition) is 7. The number of esters is 1. The number of aryl methyl sites for hydroxylation is 1. The summed E-state index contributed by atoms with van der Waals surface area (Å²) in [4.78, 5) is 19.6. The molecule has 8 nitrogen and oxygen atoms in total. The quantitative estimate of drug-likeness (QED) is 0.402. The van der Waals surface area contributed by atoms with E-state index in [2.05, 4.69) is 21.2 Å². The fourth-order valence-electron chi connectivity index (χ4n) is 3.38. The molecule has 4 aromatic rings. The maximum absolute atomic E-state index is 12.1. The maximum atomic E-state index is 12.1. The molecule has 160 valence electrons. The van der Waals surface area contributed by atoms with E-state index in [-0.39, 0.29) is 18.5 Å². The van der Waals surface area contributed by atoms with Gasteiger partial charge in [-0.25, -0.2) is 0 Å². The van der Waals surface area contributed by atoms with E-state index in [1.54, 1.807) is 32.4 Å². The summed E-state index contributed by atoms with van der Waals surface area (Å²) in [6, 6.07) is 13.4. The van der Waals surface area contributed by atoms with Crippen LogP contribution < -0.4 is 9.47 Å². The van der Waals surface area contributed by atoms with E-state index in [4.69, 9.17) is 18.7 Å². The van der Waals surface area contributed by atoms with Crippen LogP contribution in [0, 0.1) is 0 Å². The molecule has 0 spiro atoms. The summed E-state index contributed by atoms with van der Waals surface area (Å²) in [6.07, 6.45) is 3.80. The van der Waals surface area contributed by atoms with Crippen molar-refractivity contribution in [1.29, 1.82) is 0 Å². The van der Waals surface area contributed by atoms with Gasteiger partial charge < -0.3 is 23.7 Å². The van der Waals surface area contributed by atoms with E-state index in [0.717, 1.165) is 11.9 Å². The molecule has 1 N–H and O–H groups in total. The normalized spacial score (nSPS) is 10.9. The lowest BCUT2D eigenvalue weighted by Gasteiger charge is -2.07. The van der Waals surface area contributed by atoms with Crippen LogP contribution in [0.1, 0.15) is 24.3 Å². The summed E-state index contributed by atoms with van der Waals surface area (Å²) in [5, 5.41) is 5.13. The fourth-order valence-corrected chi connectivity index (χ4v) is 3.38. The lowest BCUT2D eigenvalue weighted by atomic mass is 10.1. The van der Waals surface area contributed by atoms with Gasteiger partial charge in [-0.1, -0.05) is 23.4 Å². The Hall–Kier alpha value is -3.81.